The first-order valence-electron chi connectivity index (χ1n) is 9.06. The summed E-state index contributed by atoms with van der Waals surface area (Å²) in [6.45, 7) is 0.684. The summed E-state index contributed by atoms with van der Waals surface area (Å²) in [5.41, 5.74) is 1.57. The second-order valence-electron chi connectivity index (χ2n) is 6.42. The van der Waals surface area contributed by atoms with Crippen molar-refractivity contribution in [2.45, 2.75) is 13.0 Å². The van der Waals surface area contributed by atoms with Crippen LogP contribution in [0.15, 0.2) is 76.9 Å². The normalized spacial score (nSPS) is 10.9. The molecule has 6 heteroatoms. The van der Waals surface area contributed by atoms with Gasteiger partial charge >= 0.3 is 0 Å². The van der Waals surface area contributed by atoms with Gasteiger partial charge in [-0.05, 0) is 33.8 Å². The lowest BCUT2D eigenvalue weighted by molar-refractivity contribution is -0.120. The molecule has 1 amide bonds. The van der Waals surface area contributed by atoms with Gasteiger partial charge in [-0.25, -0.2) is 4.68 Å². The Bertz CT molecular complexity index is 1160. The van der Waals surface area contributed by atoms with Gasteiger partial charge in [-0.3, -0.25) is 9.59 Å². The SMILES string of the molecule is O=C(Cc1cccc2ccccc12)NCCn1nc(-c2cccs2)ccc1=O. The molecule has 0 saturated heterocycles. The summed E-state index contributed by atoms with van der Waals surface area (Å²) >= 11 is 1.57. The average molecular weight is 389 g/mol. The number of nitrogens with one attached hydrogen (secondary N) is 1. The molecule has 2 aromatic heterocycles. The number of fused-ring (bicyclic) bond motifs is 1. The zero-order valence-electron chi connectivity index (χ0n) is 15.2. The Balaban J connectivity index is 1.39. The van der Waals surface area contributed by atoms with Crippen LogP contribution in [-0.2, 0) is 17.8 Å². The van der Waals surface area contributed by atoms with E-state index in [1.54, 1.807) is 17.4 Å². The predicted octanol–water partition coefficient (Wildman–Crippen LogP) is 3.48. The van der Waals surface area contributed by atoms with Crippen molar-refractivity contribution in [3.63, 3.8) is 0 Å². The van der Waals surface area contributed by atoms with E-state index in [2.05, 4.69) is 10.4 Å². The molecule has 0 saturated carbocycles. The lowest BCUT2D eigenvalue weighted by Crippen LogP contribution is -2.32. The van der Waals surface area contributed by atoms with Gasteiger partial charge in [0.05, 0.1) is 17.8 Å². The Hall–Kier alpha value is -3.25. The number of nitrogens with zero attached hydrogens (tertiary/aromatic N) is 2. The summed E-state index contributed by atoms with van der Waals surface area (Å²) < 4.78 is 1.40. The fourth-order valence-electron chi connectivity index (χ4n) is 3.15. The van der Waals surface area contributed by atoms with Gasteiger partial charge in [-0.2, -0.15) is 5.10 Å². The summed E-state index contributed by atoms with van der Waals surface area (Å²) in [4.78, 5) is 25.4. The van der Waals surface area contributed by atoms with Crippen molar-refractivity contribution in [1.82, 2.24) is 15.1 Å². The Morgan fingerprint density at radius 2 is 1.86 bits per heavy atom. The number of thiophene rings is 1. The molecule has 0 unspecified atom stereocenters. The van der Waals surface area contributed by atoms with Crippen LogP contribution in [0.3, 0.4) is 0 Å². The summed E-state index contributed by atoms with van der Waals surface area (Å²) in [5, 5.41) is 11.5. The Morgan fingerprint density at radius 3 is 2.71 bits per heavy atom. The third-order valence-electron chi connectivity index (χ3n) is 4.52. The maximum atomic E-state index is 12.4. The number of hydrogen-bond acceptors (Lipinski definition) is 4. The van der Waals surface area contributed by atoms with E-state index in [9.17, 15) is 9.59 Å². The fraction of sp³-hybridized carbons (Fsp3) is 0.136. The molecule has 28 heavy (non-hydrogen) atoms. The highest BCUT2D eigenvalue weighted by Gasteiger charge is 2.08. The number of carbonyl (C=O) groups excluding carboxylic acids is 1. The zero-order chi connectivity index (χ0) is 19.3. The molecule has 0 atom stereocenters. The maximum Gasteiger partial charge on any atom is 0.266 e. The van der Waals surface area contributed by atoms with Crippen LogP contribution >= 0.6 is 11.3 Å². The predicted molar refractivity (Wildman–Crippen MR) is 112 cm³/mol. The van der Waals surface area contributed by atoms with E-state index in [1.807, 2.05) is 60.0 Å². The van der Waals surface area contributed by atoms with Crippen molar-refractivity contribution in [2.75, 3.05) is 6.54 Å². The topological polar surface area (TPSA) is 64.0 Å². The Morgan fingerprint density at radius 1 is 1.00 bits per heavy atom. The minimum absolute atomic E-state index is 0.0705. The minimum Gasteiger partial charge on any atom is -0.354 e. The van der Waals surface area contributed by atoms with Crippen LogP contribution in [0.4, 0.5) is 0 Å². The lowest BCUT2D eigenvalue weighted by atomic mass is 10.0. The van der Waals surface area contributed by atoms with Crippen molar-refractivity contribution in [3.05, 3.63) is 88.0 Å². The van der Waals surface area contributed by atoms with Gasteiger partial charge in [0.2, 0.25) is 5.91 Å². The van der Waals surface area contributed by atoms with E-state index in [1.165, 1.54) is 10.7 Å². The molecule has 5 nitrogen and oxygen atoms in total. The van der Waals surface area contributed by atoms with Crippen molar-refractivity contribution in [1.29, 1.82) is 0 Å². The molecular formula is C22H19N3O2S. The summed E-state index contributed by atoms with van der Waals surface area (Å²) in [6.07, 6.45) is 0.304. The van der Waals surface area contributed by atoms with Crippen LogP contribution in [0, 0.1) is 0 Å². The molecule has 2 aromatic carbocycles. The number of hydrogen-bond donors (Lipinski definition) is 1. The molecule has 2 heterocycles. The van der Waals surface area contributed by atoms with E-state index in [-0.39, 0.29) is 11.5 Å². The van der Waals surface area contributed by atoms with Crippen LogP contribution in [-0.4, -0.2) is 22.2 Å². The van der Waals surface area contributed by atoms with Gasteiger partial charge in [-0.15, -0.1) is 11.3 Å². The highest BCUT2D eigenvalue weighted by atomic mass is 32.1. The Labute approximate surface area is 166 Å². The molecule has 0 bridgehead atoms. The molecule has 4 rings (SSSR count). The van der Waals surface area contributed by atoms with Crippen molar-refractivity contribution in [3.8, 4) is 10.6 Å². The average Bonchev–Trinajstić information content (AvgIpc) is 3.24. The maximum absolute atomic E-state index is 12.4. The molecule has 0 radical (unpaired) electrons. The van der Waals surface area contributed by atoms with Crippen LogP contribution < -0.4 is 10.9 Å². The van der Waals surface area contributed by atoms with Gasteiger partial charge in [0, 0.05) is 12.6 Å². The standard InChI is InChI=1S/C22H19N3O2S/c26-21(15-17-7-3-6-16-5-1-2-8-18(16)17)23-12-13-25-22(27)11-10-19(24-25)20-9-4-14-28-20/h1-11,14H,12-13,15H2,(H,23,26). The number of benzene rings is 2. The summed E-state index contributed by atoms with van der Waals surface area (Å²) in [5.74, 6) is -0.0705. The number of aromatic nitrogens is 2. The van der Waals surface area contributed by atoms with Crippen molar-refractivity contribution >= 4 is 28.0 Å². The van der Waals surface area contributed by atoms with Gasteiger partial charge in [0.1, 0.15) is 5.69 Å². The monoisotopic (exact) mass is 389 g/mol. The smallest absolute Gasteiger partial charge is 0.266 e. The second kappa shape index (κ2) is 8.19. The number of carbonyl (C=O) groups is 1. The van der Waals surface area contributed by atoms with Crippen LogP contribution in [0.25, 0.3) is 21.3 Å². The van der Waals surface area contributed by atoms with Crippen LogP contribution in [0.5, 0.6) is 0 Å². The quantitative estimate of drug-likeness (QED) is 0.549. The van der Waals surface area contributed by atoms with Gasteiger partial charge < -0.3 is 5.32 Å². The number of rotatable bonds is 6. The van der Waals surface area contributed by atoms with Gasteiger partial charge in [0.25, 0.3) is 5.56 Å². The van der Waals surface area contributed by atoms with E-state index < -0.39 is 0 Å². The fourth-order valence-corrected chi connectivity index (χ4v) is 3.84. The van der Waals surface area contributed by atoms with Crippen molar-refractivity contribution in [2.24, 2.45) is 0 Å². The first kappa shape index (κ1) is 18.1. The lowest BCUT2D eigenvalue weighted by Gasteiger charge is -2.09. The van der Waals surface area contributed by atoms with Crippen LogP contribution in [0.2, 0.25) is 0 Å². The third-order valence-corrected chi connectivity index (χ3v) is 5.41. The van der Waals surface area contributed by atoms with E-state index in [4.69, 9.17) is 0 Å². The van der Waals surface area contributed by atoms with E-state index >= 15 is 0 Å². The molecule has 0 aliphatic carbocycles. The first-order valence-corrected chi connectivity index (χ1v) is 9.94. The molecule has 0 aliphatic heterocycles. The molecular weight excluding hydrogens is 370 g/mol. The molecule has 0 aliphatic rings. The molecule has 4 aromatic rings. The highest BCUT2D eigenvalue weighted by molar-refractivity contribution is 7.13. The summed E-state index contributed by atoms with van der Waals surface area (Å²) in [6, 6.07) is 21.1. The minimum atomic E-state index is -0.177. The molecule has 140 valence electrons. The zero-order valence-corrected chi connectivity index (χ0v) is 16.0. The number of amides is 1. The first-order chi connectivity index (χ1) is 13.7. The van der Waals surface area contributed by atoms with Gasteiger partial charge in [0.15, 0.2) is 0 Å². The summed E-state index contributed by atoms with van der Waals surface area (Å²) in [7, 11) is 0. The third kappa shape index (κ3) is 4.02. The van der Waals surface area contributed by atoms with Gasteiger partial charge in [-0.1, -0.05) is 48.5 Å². The molecule has 1 N–H and O–H groups in total. The largest absolute Gasteiger partial charge is 0.354 e. The molecule has 0 fully saturated rings. The molecule has 0 spiro atoms. The van der Waals surface area contributed by atoms with E-state index in [0.29, 0.717) is 19.5 Å². The highest BCUT2D eigenvalue weighted by Crippen LogP contribution is 2.21. The van der Waals surface area contributed by atoms with Crippen molar-refractivity contribution < 1.29 is 4.79 Å². The van der Waals surface area contributed by atoms with E-state index in [0.717, 1.165) is 26.9 Å². The van der Waals surface area contributed by atoms with Crippen LogP contribution in [0.1, 0.15) is 5.56 Å². The second-order valence-corrected chi connectivity index (χ2v) is 7.37. The Kier molecular flexibility index (Phi) is 5.30.